The van der Waals surface area contributed by atoms with Crippen LogP contribution in [0.1, 0.15) is 52.4 Å². The quantitative estimate of drug-likeness (QED) is 0.690. The maximum Gasteiger partial charge on any atom is 0.174 e. The Morgan fingerprint density at radius 3 is 2.57 bits per heavy atom. The summed E-state index contributed by atoms with van der Waals surface area (Å²) >= 11 is 0. The van der Waals surface area contributed by atoms with Gasteiger partial charge in [0.25, 0.3) is 0 Å². The molecule has 3 heteroatoms. The van der Waals surface area contributed by atoms with Crippen LogP contribution in [0.4, 0.5) is 0 Å². The van der Waals surface area contributed by atoms with Gasteiger partial charge in [-0.05, 0) is 38.0 Å². The molecule has 0 radical (unpaired) electrons. The second kappa shape index (κ2) is 4.56. The molecule has 2 heterocycles. The van der Waals surface area contributed by atoms with Gasteiger partial charge in [0.2, 0.25) is 0 Å². The Morgan fingerprint density at radius 2 is 1.86 bits per heavy atom. The maximum absolute atomic E-state index is 6.26. The largest absolute Gasteiger partial charge is 0.370 e. The molecular weight excluding hydrogens is 264 g/mol. The Morgan fingerprint density at radius 1 is 1.10 bits per heavy atom. The molecule has 5 atom stereocenters. The standard InChI is InChI=1S/C18H28O3/c1-4-13-12-16(2)14-6-5-8-18(19-10-11-20-18)17(14,3)9-7-15(16)21-13/h4,13-15H,1,5-12H2,2-3H3/t13-,14-,15-,16-,17-/m0/s1. The topological polar surface area (TPSA) is 27.7 Å². The lowest BCUT2D eigenvalue weighted by molar-refractivity contribution is -0.297. The number of fused-ring (bicyclic) bond motifs is 4. The number of hydrogen-bond donors (Lipinski definition) is 0. The van der Waals surface area contributed by atoms with Gasteiger partial charge < -0.3 is 14.2 Å². The van der Waals surface area contributed by atoms with E-state index < -0.39 is 0 Å². The van der Waals surface area contributed by atoms with Gasteiger partial charge in [0.1, 0.15) is 0 Å². The number of ether oxygens (including phenoxy) is 3. The fraction of sp³-hybridized carbons (Fsp3) is 0.889. The normalized spacial score (nSPS) is 51.6. The average Bonchev–Trinajstić information content (AvgIpc) is 3.06. The van der Waals surface area contributed by atoms with Gasteiger partial charge >= 0.3 is 0 Å². The summed E-state index contributed by atoms with van der Waals surface area (Å²) in [6.07, 6.45) is 9.55. The van der Waals surface area contributed by atoms with Crippen LogP contribution in [0.15, 0.2) is 12.7 Å². The molecule has 2 saturated heterocycles. The molecule has 0 aromatic carbocycles. The lowest BCUT2D eigenvalue weighted by atomic mass is 9.48. The van der Waals surface area contributed by atoms with Crippen molar-refractivity contribution in [3.8, 4) is 0 Å². The average molecular weight is 292 g/mol. The van der Waals surface area contributed by atoms with Gasteiger partial charge in [-0.1, -0.05) is 19.9 Å². The van der Waals surface area contributed by atoms with E-state index in [1.165, 1.54) is 12.8 Å². The highest BCUT2D eigenvalue weighted by molar-refractivity contribution is 5.14. The predicted molar refractivity (Wildman–Crippen MR) is 80.9 cm³/mol. The highest BCUT2D eigenvalue weighted by atomic mass is 16.7. The first-order valence-corrected chi connectivity index (χ1v) is 8.60. The van der Waals surface area contributed by atoms with E-state index >= 15 is 0 Å². The van der Waals surface area contributed by atoms with Crippen molar-refractivity contribution in [2.45, 2.75) is 70.4 Å². The zero-order valence-corrected chi connectivity index (χ0v) is 13.4. The molecule has 2 saturated carbocycles. The Labute approximate surface area is 128 Å². The van der Waals surface area contributed by atoms with Crippen LogP contribution in [0, 0.1) is 16.7 Å². The Hall–Kier alpha value is -0.380. The first kappa shape index (κ1) is 14.2. The van der Waals surface area contributed by atoms with Crippen LogP contribution < -0.4 is 0 Å². The third-order valence-electron chi connectivity index (χ3n) is 7.09. The zero-order chi connectivity index (χ0) is 14.7. The Bertz CT molecular complexity index is 442. The molecule has 21 heavy (non-hydrogen) atoms. The smallest absolute Gasteiger partial charge is 0.174 e. The second-order valence-corrected chi connectivity index (χ2v) is 7.96. The summed E-state index contributed by atoms with van der Waals surface area (Å²) in [5.74, 6) is 0.302. The van der Waals surface area contributed by atoms with Crippen molar-refractivity contribution < 1.29 is 14.2 Å². The lowest BCUT2D eigenvalue weighted by Gasteiger charge is -2.61. The summed E-state index contributed by atoms with van der Waals surface area (Å²) in [5.41, 5.74) is 0.376. The summed E-state index contributed by atoms with van der Waals surface area (Å²) in [6, 6.07) is 0. The molecule has 1 spiro atoms. The van der Waals surface area contributed by atoms with E-state index in [-0.39, 0.29) is 22.7 Å². The van der Waals surface area contributed by atoms with Crippen LogP contribution in [-0.4, -0.2) is 31.2 Å². The third kappa shape index (κ3) is 1.71. The van der Waals surface area contributed by atoms with E-state index in [0.29, 0.717) is 12.0 Å². The molecule has 4 fully saturated rings. The molecule has 3 nitrogen and oxygen atoms in total. The van der Waals surface area contributed by atoms with Crippen molar-refractivity contribution in [1.82, 2.24) is 0 Å². The third-order valence-corrected chi connectivity index (χ3v) is 7.09. The number of hydrogen-bond acceptors (Lipinski definition) is 3. The van der Waals surface area contributed by atoms with E-state index in [1.54, 1.807) is 0 Å². The van der Waals surface area contributed by atoms with Crippen LogP contribution in [0.5, 0.6) is 0 Å². The van der Waals surface area contributed by atoms with Gasteiger partial charge in [0.05, 0.1) is 25.4 Å². The molecule has 4 aliphatic rings. The lowest BCUT2D eigenvalue weighted by Crippen LogP contribution is -2.62. The molecule has 0 bridgehead atoms. The SMILES string of the molecule is C=C[C@H]1C[C@]2(C)[C@H](CC[C@@]3(C)[C@H]2CCCC32OCCO2)O1. The summed E-state index contributed by atoms with van der Waals surface area (Å²) in [6.45, 7) is 10.3. The molecule has 2 aliphatic carbocycles. The molecule has 118 valence electrons. The van der Waals surface area contributed by atoms with Gasteiger partial charge in [0.15, 0.2) is 5.79 Å². The molecule has 0 N–H and O–H groups in total. The van der Waals surface area contributed by atoms with E-state index in [9.17, 15) is 0 Å². The molecule has 2 aliphatic heterocycles. The molecule has 4 rings (SSSR count). The van der Waals surface area contributed by atoms with Crippen LogP contribution in [0.3, 0.4) is 0 Å². The van der Waals surface area contributed by atoms with Gasteiger partial charge in [-0.25, -0.2) is 0 Å². The predicted octanol–water partition coefficient (Wildman–Crippen LogP) is 3.68. The fourth-order valence-corrected chi connectivity index (χ4v) is 6.07. The number of rotatable bonds is 1. The molecular formula is C18H28O3. The fourth-order valence-electron chi connectivity index (χ4n) is 6.07. The summed E-state index contributed by atoms with van der Waals surface area (Å²) in [7, 11) is 0. The van der Waals surface area contributed by atoms with Gasteiger partial charge in [-0.3, -0.25) is 0 Å². The monoisotopic (exact) mass is 292 g/mol. The van der Waals surface area contributed by atoms with Crippen molar-refractivity contribution in [1.29, 1.82) is 0 Å². The van der Waals surface area contributed by atoms with E-state index in [4.69, 9.17) is 14.2 Å². The highest BCUT2D eigenvalue weighted by Gasteiger charge is 2.67. The van der Waals surface area contributed by atoms with Gasteiger partial charge in [-0.15, -0.1) is 6.58 Å². The van der Waals surface area contributed by atoms with Gasteiger partial charge in [-0.2, -0.15) is 0 Å². The summed E-state index contributed by atoms with van der Waals surface area (Å²) in [4.78, 5) is 0. The highest BCUT2D eigenvalue weighted by Crippen LogP contribution is 2.66. The molecule has 0 amide bonds. The van der Waals surface area contributed by atoms with Crippen molar-refractivity contribution in [2.24, 2.45) is 16.7 Å². The molecule has 0 aromatic heterocycles. The van der Waals surface area contributed by atoms with Crippen LogP contribution in [0.2, 0.25) is 0 Å². The Balaban J connectivity index is 1.72. The molecule has 0 aromatic rings. The van der Waals surface area contributed by atoms with Crippen LogP contribution >= 0.6 is 0 Å². The second-order valence-electron chi connectivity index (χ2n) is 7.96. The molecule has 0 unspecified atom stereocenters. The minimum absolute atomic E-state index is 0.131. The maximum atomic E-state index is 6.26. The Kier molecular flexibility index (Phi) is 3.09. The summed E-state index contributed by atoms with van der Waals surface area (Å²) < 4.78 is 18.7. The van der Waals surface area contributed by atoms with Crippen molar-refractivity contribution in [2.75, 3.05) is 13.2 Å². The van der Waals surface area contributed by atoms with Crippen molar-refractivity contribution in [3.05, 3.63) is 12.7 Å². The van der Waals surface area contributed by atoms with Crippen molar-refractivity contribution >= 4 is 0 Å². The first-order valence-electron chi connectivity index (χ1n) is 8.60. The van der Waals surface area contributed by atoms with Gasteiger partial charge in [0, 0.05) is 17.3 Å². The minimum atomic E-state index is -0.323. The van der Waals surface area contributed by atoms with E-state index in [0.717, 1.165) is 38.9 Å². The summed E-state index contributed by atoms with van der Waals surface area (Å²) in [5, 5.41) is 0. The minimum Gasteiger partial charge on any atom is -0.370 e. The van der Waals surface area contributed by atoms with Crippen LogP contribution in [0.25, 0.3) is 0 Å². The van der Waals surface area contributed by atoms with E-state index in [1.807, 2.05) is 6.08 Å². The zero-order valence-electron chi connectivity index (χ0n) is 13.4. The van der Waals surface area contributed by atoms with Crippen LogP contribution in [-0.2, 0) is 14.2 Å². The van der Waals surface area contributed by atoms with Crippen molar-refractivity contribution in [3.63, 3.8) is 0 Å². The first-order chi connectivity index (χ1) is 10.0. The van der Waals surface area contributed by atoms with E-state index in [2.05, 4.69) is 20.4 Å².